The molecule has 1 aliphatic carbocycles. The zero-order chi connectivity index (χ0) is 26.1. The number of likely N-dealkylation sites (N-methyl/N-ethyl adjacent to an activating group) is 1. The fourth-order valence-electron chi connectivity index (χ4n) is 3.88. The topological polar surface area (TPSA) is 76.1 Å². The Morgan fingerprint density at radius 3 is 2.31 bits per heavy atom. The first-order valence-corrected chi connectivity index (χ1v) is 11.2. The number of aliphatic carboxylic acids is 1. The largest absolute Gasteiger partial charge is 0.573 e. The molecule has 1 unspecified atom stereocenters. The first-order valence-electron chi connectivity index (χ1n) is 10.8. The molecule has 0 aromatic heterocycles. The van der Waals surface area contributed by atoms with E-state index in [0.29, 0.717) is 11.1 Å². The lowest BCUT2D eigenvalue weighted by molar-refractivity contribution is -0.274. The van der Waals surface area contributed by atoms with Gasteiger partial charge in [-0.05, 0) is 60.1 Å². The zero-order valence-corrected chi connectivity index (χ0v) is 19.9. The van der Waals surface area contributed by atoms with Gasteiger partial charge in [0.15, 0.2) is 0 Å². The van der Waals surface area contributed by atoms with Crippen LogP contribution in [0.5, 0.6) is 11.5 Å². The van der Waals surface area contributed by atoms with Gasteiger partial charge in [0.25, 0.3) is 5.91 Å². The first-order chi connectivity index (χ1) is 16.3. The summed E-state index contributed by atoms with van der Waals surface area (Å²) in [6, 6.07) is 4.69. The van der Waals surface area contributed by atoms with Crippen molar-refractivity contribution in [2.45, 2.75) is 51.6 Å². The molecule has 1 saturated carbocycles. The minimum atomic E-state index is -4.91. The van der Waals surface area contributed by atoms with Crippen LogP contribution in [0, 0.1) is 11.7 Å². The van der Waals surface area contributed by atoms with Gasteiger partial charge in [0.1, 0.15) is 30.0 Å². The number of rotatable bonds is 9. The molecule has 190 valence electrons. The summed E-state index contributed by atoms with van der Waals surface area (Å²) < 4.78 is 62.1. The molecule has 6 nitrogen and oxygen atoms in total. The van der Waals surface area contributed by atoms with Crippen molar-refractivity contribution in [2.75, 3.05) is 7.05 Å². The minimum Gasteiger partial charge on any atom is -0.489 e. The van der Waals surface area contributed by atoms with Crippen LogP contribution in [0.1, 0.15) is 54.1 Å². The lowest BCUT2D eigenvalue weighted by atomic mass is 9.97. The molecule has 0 radical (unpaired) electrons. The smallest absolute Gasteiger partial charge is 0.489 e. The number of ether oxygens (including phenoxy) is 2. The molecule has 0 bridgehead atoms. The summed E-state index contributed by atoms with van der Waals surface area (Å²) in [6.45, 7) is 3.11. The van der Waals surface area contributed by atoms with Crippen LogP contribution < -0.4 is 9.47 Å². The van der Waals surface area contributed by atoms with E-state index in [1.54, 1.807) is 13.8 Å². The molecule has 1 aliphatic rings. The summed E-state index contributed by atoms with van der Waals surface area (Å²) in [4.78, 5) is 25.6. The Bertz CT molecular complexity index is 1120. The number of amides is 1. The average molecular weight is 518 g/mol. The molecule has 1 N–H and O–H groups in total. The van der Waals surface area contributed by atoms with E-state index in [9.17, 15) is 27.9 Å². The van der Waals surface area contributed by atoms with Crippen LogP contribution in [0.3, 0.4) is 0 Å². The van der Waals surface area contributed by atoms with Gasteiger partial charge in [-0.15, -0.1) is 13.2 Å². The molecule has 0 aliphatic heterocycles. The predicted molar refractivity (Wildman–Crippen MR) is 119 cm³/mol. The molecule has 1 amide bonds. The van der Waals surface area contributed by atoms with Crippen LogP contribution in [-0.2, 0) is 11.4 Å². The number of benzene rings is 2. The van der Waals surface area contributed by atoms with Gasteiger partial charge in [-0.25, -0.2) is 9.18 Å². The average Bonchev–Trinajstić information content (AvgIpc) is 3.54. The lowest BCUT2D eigenvalue weighted by Gasteiger charge is -2.28. The second-order valence-electron chi connectivity index (χ2n) is 8.71. The van der Waals surface area contributed by atoms with E-state index in [1.807, 2.05) is 0 Å². The highest BCUT2D eigenvalue weighted by atomic mass is 35.5. The van der Waals surface area contributed by atoms with Gasteiger partial charge in [0, 0.05) is 18.1 Å². The third kappa shape index (κ3) is 6.78. The number of nitrogens with zero attached hydrogens (tertiary/aromatic N) is 1. The van der Waals surface area contributed by atoms with Crippen LogP contribution in [0.2, 0.25) is 5.02 Å². The summed E-state index contributed by atoms with van der Waals surface area (Å²) in [7, 11) is 1.31. The second-order valence-corrected chi connectivity index (χ2v) is 9.14. The number of hydrogen-bond acceptors (Lipinski definition) is 4. The molecule has 0 heterocycles. The van der Waals surface area contributed by atoms with E-state index >= 15 is 4.39 Å². The molecule has 2 aromatic rings. The third-order valence-corrected chi connectivity index (χ3v) is 5.79. The van der Waals surface area contributed by atoms with Crippen molar-refractivity contribution < 1.29 is 41.7 Å². The Balaban J connectivity index is 1.86. The van der Waals surface area contributed by atoms with Crippen LogP contribution in [0.25, 0.3) is 0 Å². The molecular weight excluding hydrogens is 494 g/mol. The van der Waals surface area contributed by atoms with E-state index in [1.165, 1.54) is 19.2 Å². The highest BCUT2D eigenvalue weighted by Gasteiger charge is 2.34. The van der Waals surface area contributed by atoms with Crippen molar-refractivity contribution in [1.29, 1.82) is 0 Å². The highest BCUT2D eigenvalue weighted by molar-refractivity contribution is 6.30. The number of carbonyl (C=O) groups is 2. The highest BCUT2D eigenvalue weighted by Crippen LogP contribution is 2.43. The van der Waals surface area contributed by atoms with E-state index in [4.69, 9.17) is 16.3 Å². The minimum absolute atomic E-state index is 0.0139. The number of halogens is 5. The van der Waals surface area contributed by atoms with Crippen molar-refractivity contribution in [3.63, 3.8) is 0 Å². The fraction of sp³-hybridized carbons (Fsp3) is 0.417. The number of alkyl halides is 3. The van der Waals surface area contributed by atoms with Gasteiger partial charge < -0.3 is 19.5 Å². The summed E-state index contributed by atoms with van der Waals surface area (Å²) in [6.07, 6.45) is -3.28. The van der Waals surface area contributed by atoms with E-state index in [2.05, 4.69) is 4.74 Å². The number of carboxylic acid groups (broad SMARTS) is 1. The fourth-order valence-corrected chi connectivity index (χ4v) is 4.10. The SMILES string of the molecule is CC(C)C(C(=O)O)N(C)C(=O)c1cc(C2CC2)c(COc2cc(Cl)cc(OC(F)(F)F)c2)cc1F. The van der Waals surface area contributed by atoms with Gasteiger partial charge in [0.05, 0.1) is 5.56 Å². The first kappa shape index (κ1) is 26.6. The predicted octanol–water partition coefficient (Wildman–Crippen LogP) is 6.02. The molecule has 2 aromatic carbocycles. The Kier molecular flexibility index (Phi) is 7.83. The molecule has 1 fully saturated rings. The Morgan fingerprint density at radius 1 is 1.14 bits per heavy atom. The maximum Gasteiger partial charge on any atom is 0.573 e. The zero-order valence-electron chi connectivity index (χ0n) is 19.2. The second kappa shape index (κ2) is 10.3. The quantitative estimate of drug-likeness (QED) is 0.412. The lowest BCUT2D eigenvalue weighted by Crippen LogP contribution is -2.46. The number of carbonyl (C=O) groups excluding carboxylic acids is 1. The van der Waals surface area contributed by atoms with Crippen LogP contribution in [0.15, 0.2) is 30.3 Å². The summed E-state index contributed by atoms with van der Waals surface area (Å²) in [5, 5.41) is 9.43. The van der Waals surface area contributed by atoms with Gasteiger partial charge in [-0.1, -0.05) is 25.4 Å². The van der Waals surface area contributed by atoms with Crippen molar-refractivity contribution >= 4 is 23.5 Å². The molecular formula is C24H24ClF4NO5. The molecule has 0 spiro atoms. The van der Waals surface area contributed by atoms with Crippen molar-refractivity contribution in [2.24, 2.45) is 5.92 Å². The molecule has 1 atom stereocenters. The van der Waals surface area contributed by atoms with Crippen LogP contribution >= 0.6 is 11.6 Å². The summed E-state index contributed by atoms with van der Waals surface area (Å²) in [5.41, 5.74) is 0.822. The summed E-state index contributed by atoms with van der Waals surface area (Å²) >= 11 is 5.86. The van der Waals surface area contributed by atoms with Gasteiger partial charge in [0.2, 0.25) is 0 Å². The normalized spacial score (nSPS) is 14.5. The van der Waals surface area contributed by atoms with Crippen molar-refractivity contribution in [3.8, 4) is 11.5 Å². The Labute approximate surface area is 204 Å². The number of hydrogen-bond donors (Lipinski definition) is 1. The monoisotopic (exact) mass is 517 g/mol. The maximum atomic E-state index is 15.0. The van der Waals surface area contributed by atoms with E-state index in [-0.39, 0.29) is 28.9 Å². The van der Waals surface area contributed by atoms with Crippen LogP contribution in [0.4, 0.5) is 17.6 Å². The molecule has 11 heteroatoms. The van der Waals surface area contributed by atoms with Crippen LogP contribution in [-0.4, -0.2) is 41.3 Å². The maximum absolute atomic E-state index is 15.0. The van der Waals surface area contributed by atoms with Crippen molar-refractivity contribution in [1.82, 2.24) is 4.90 Å². The summed E-state index contributed by atoms with van der Waals surface area (Å²) in [5.74, 6) is -3.72. The standard InChI is InChI=1S/C24H24ClF4NO5/c1-12(2)21(23(32)33)30(3)22(31)19-10-18(13-4-5-13)14(6-20(19)26)11-34-16-7-15(25)8-17(9-16)35-24(27,28)29/h6-10,12-13,21H,4-5,11H2,1-3H3,(H,32,33). The Morgan fingerprint density at radius 2 is 1.77 bits per heavy atom. The van der Waals surface area contributed by atoms with Gasteiger partial charge in [-0.3, -0.25) is 4.79 Å². The van der Waals surface area contributed by atoms with E-state index in [0.717, 1.165) is 35.9 Å². The van der Waals surface area contributed by atoms with Crippen molar-refractivity contribution in [3.05, 3.63) is 57.9 Å². The Hall–Kier alpha value is -3.01. The van der Waals surface area contributed by atoms with Gasteiger partial charge in [-0.2, -0.15) is 0 Å². The number of carboxylic acids is 1. The molecule has 35 heavy (non-hydrogen) atoms. The van der Waals surface area contributed by atoms with E-state index < -0.39 is 41.8 Å². The molecule has 3 rings (SSSR count). The molecule has 0 saturated heterocycles. The third-order valence-electron chi connectivity index (χ3n) is 5.57. The van der Waals surface area contributed by atoms with Gasteiger partial charge >= 0.3 is 12.3 Å².